The van der Waals surface area contributed by atoms with E-state index in [2.05, 4.69) is 15.5 Å². The molecule has 3 aromatic rings. The third kappa shape index (κ3) is 2.73. The van der Waals surface area contributed by atoms with Crippen LogP contribution in [0.2, 0.25) is 0 Å². The fourth-order valence-electron chi connectivity index (χ4n) is 2.01. The highest BCUT2D eigenvalue weighted by atomic mass is 19.1. The van der Waals surface area contributed by atoms with Crippen molar-refractivity contribution in [3.8, 4) is 5.69 Å². The molecule has 22 heavy (non-hydrogen) atoms. The van der Waals surface area contributed by atoms with E-state index < -0.39 is 0 Å². The van der Waals surface area contributed by atoms with Gasteiger partial charge in [-0.2, -0.15) is 10.2 Å². The molecule has 112 valence electrons. The van der Waals surface area contributed by atoms with Crippen molar-refractivity contribution in [2.45, 2.75) is 13.5 Å². The average Bonchev–Trinajstić information content (AvgIpc) is 3.16. The Morgan fingerprint density at radius 3 is 2.77 bits per heavy atom. The van der Waals surface area contributed by atoms with Crippen LogP contribution in [0.5, 0.6) is 0 Å². The molecule has 0 fully saturated rings. The molecule has 2 heterocycles. The van der Waals surface area contributed by atoms with Crippen LogP contribution in [0.25, 0.3) is 5.69 Å². The maximum Gasteiger partial charge on any atom is 0.258 e. The van der Waals surface area contributed by atoms with Crippen molar-refractivity contribution in [1.29, 1.82) is 0 Å². The van der Waals surface area contributed by atoms with Crippen molar-refractivity contribution < 1.29 is 9.18 Å². The summed E-state index contributed by atoms with van der Waals surface area (Å²) in [6.45, 7) is 2.63. The lowest BCUT2D eigenvalue weighted by atomic mass is 10.3. The first kappa shape index (κ1) is 14.0. The number of carbonyl (C=O) groups is 1. The molecule has 0 saturated carbocycles. The largest absolute Gasteiger partial charge is 0.319 e. The predicted molar refractivity (Wildman–Crippen MR) is 79.4 cm³/mol. The van der Waals surface area contributed by atoms with E-state index in [4.69, 9.17) is 0 Å². The molecule has 0 aliphatic heterocycles. The summed E-state index contributed by atoms with van der Waals surface area (Å²) in [6, 6.07) is 6.29. The van der Waals surface area contributed by atoms with Gasteiger partial charge in [0.25, 0.3) is 5.91 Å². The van der Waals surface area contributed by atoms with Crippen LogP contribution in [0.4, 0.5) is 10.1 Å². The molecule has 0 radical (unpaired) electrons. The van der Waals surface area contributed by atoms with E-state index in [-0.39, 0.29) is 11.7 Å². The van der Waals surface area contributed by atoms with Crippen molar-refractivity contribution in [2.24, 2.45) is 0 Å². The van der Waals surface area contributed by atoms with Crippen LogP contribution in [0.1, 0.15) is 17.3 Å². The highest BCUT2D eigenvalue weighted by Crippen LogP contribution is 2.15. The number of aromatic nitrogens is 4. The van der Waals surface area contributed by atoms with Crippen LogP contribution in [0.3, 0.4) is 0 Å². The lowest BCUT2D eigenvalue weighted by molar-refractivity contribution is 0.102. The second-order valence-electron chi connectivity index (χ2n) is 4.66. The number of hydrogen-bond donors (Lipinski definition) is 1. The molecule has 6 nitrogen and oxygen atoms in total. The van der Waals surface area contributed by atoms with Gasteiger partial charge < -0.3 is 5.32 Å². The van der Waals surface area contributed by atoms with Gasteiger partial charge in [0.15, 0.2) is 0 Å². The Bertz CT molecular complexity index is 808. The minimum atomic E-state index is -0.382. The first-order valence-corrected chi connectivity index (χ1v) is 6.80. The van der Waals surface area contributed by atoms with Gasteiger partial charge in [0.05, 0.1) is 29.8 Å². The van der Waals surface area contributed by atoms with E-state index in [9.17, 15) is 9.18 Å². The zero-order valence-electron chi connectivity index (χ0n) is 11.9. The summed E-state index contributed by atoms with van der Waals surface area (Å²) in [4.78, 5) is 12.1. The van der Waals surface area contributed by atoms with Gasteiger partial charge in [0.1, 0.15) is 11.5 Å². The minimum Gasteiger partial charge on any atom is -0.319 e. The third-order valence-electron chi connectivity index (χ3n) is 3.16. The predicted octanol–water partition coefficient (Wildman–Crippen LogP) is 2.48. The Labute approximate surface area is 126 Å². The van der Waals surface area contributed by atoms with Gasteiger partial charge in [0, 0.05) is 12.7 Å². The maximum absolute atomic E-state index is 13.7. The van der Waals surface area contributed by atoms with Gasteiger partial charge in [0.2, 0.25) is 0 Å². The third-order valence-corrected chi connectivity index (χ3v) is 3.16. The molecule has 1 N–H and O–H groups in total. The maximum atomic E-state index is 13.7. The number of anilines is 1. The normalized spacial score (nSPS) is 10.6. The molecule has 0 unspecified atom stereocenters. The Kier molecular flexibility index (Phi) is 3.69. The van der Waals surface area contributed by atoms with Crippen LogP contribution in [0, 0.1) is 5.82 Å². The lowest BCUT2D eigenvalue weighted by Gasteiger charge is -2.02. The SMILES string of the molecule is CCn1cc(C(=O)Nc2cnn(-c3ccccc3F)c2)cn1. The Morgan fingerprint density at radius 2 is 2.05 bits per heavy atom. The summed E-state index contributed by atoms with van der Waals surface area (Å²) in [5, 5.41) is 10.8. The zero-order valence-corrected chi connectivity index (χ0v) is 11.9. The number of nitrogens with zero attached hydrogens (tertiary/aromatic N) is 4. The Balaban J connectivity index is 1.77. The first-order chi connectivity index (χ1) is 10.7. The molecule has 1 aromatic carbocycles. The molecular formula is C15H14FN5O. The van der Waals surface area contributed by atoms with Crippen LogP contribution in [-0.2, 0) is 6.54 Å². The van der Waals surface area contributed by atoms with E-state index in [0.29, 0.717) is 23.5 Å². The number of rotatable bonds is 4. The molecular weight excluding hydrogens is 285 g/mol. The van der Waals surface area contributed by atoms with Gasteiger partial charge in [-0.15, -0.1) is 0 Å². The summed E-state index contributed by atoms with van der Waals surface area (Å²) in [5.74, 6) is -0.666. The standard InChI is InChI=1S/C15H14FN5O/c1-2-20-9-11(7-17-20)15(22)19-12-8-18-21(10-12)14-6-4-3-5-13(14)16/h3-10H,2H2,1H3,(H,19,22). The van der Waals surface area contributed by atoms with Crippen molar-refractivity contribution >= 4 is 11.6 Å². The van der Waals surface area contributed by atoms with E-state index in [1.807, 2.05) is 6.92 Å². The first-order valence-electron chi connectivity index (χ1n) is 6.80. The summed E-state index contributed by atoms with van der Waals surface area (Å²) in [6.07, 6.45) is 6.19. The summed E-state index contributed by atoms with van der Waals surface area (Å²) < 4.78 is 16.7. The number of carbonyl (C=O) groups excluding carboxylic acids is 1. The van der Waals surface area contributed by atoms with Crippen molar-refractivity contribution in [1.82, 2.24) is 19.6 Å². The molecule has 3 rings (SSSR count). The van der Waals surface area contributed by atoms with E-state index in [0.717, 1.165) is 0 Å². The average molecular weight is 299 g/mol. The van der Waals surface area contributed by atoms with Gasteiger partial charge in [-0.25, -0.2) is 9.07 Å². The van der Waals surface area contributed by atoms with Crippen molar-refractivity contribution in [2.75, 3.05) is 5.32 Å². The van der Waals surface area contributed by atoms with Gasteiger partial charge in [-0.3, -0.25) is 9.48 Å². The summed E-state index contributed by atoms with van der Waals surface area (Å²) >= 11 is 0. The number of amides is 1. The van der Waals surface area contributed by atoms with Gasteiger partial charge in [-0.05, 0) is 19.1 Å². The number of aryl methyl sites for hydroxylation is 1. The Hall–Kier alpha value is -2.96. The molecule has 7 heteroatoms. The molecule has 1 amide bonds. The van der Waals surface area contributed by atoms with E-state index in [1.54, 1.807) is 35.3 Å². The van der Waals surface area contributed by atoms with Gasteiger partial charge in [-0.1, -0.05) is 12.1 Å². The minimum absolute atomic E-state index is 0.284. The molecule has 0 spiro atoms. The number of hydrogen-bond acceptors (Lipinski definition) is 3. The fourth-order valence-corrected chi connectivity index (χ4v) is 2.01. The number of benzene rings is 1. The molecule has 2 aromatic heterocycles. The number of para-hydroxylation sites is 1. The molecule has 0 bridgehead atoms. The van der Waals surface area contributed by atoms with Gasteiger partial charge >= 0.3 is 0 Å². The van der Waals surface area contributed by atoms with Crippen molar-refractivity contribution in [3.05, 3.63) is 60.4 Å². The van der Waals surface area contributed by atoms with Crippen LogP contribution < -0.4 is 5.32 Å². The van der Waals surface area contributed by atoms with E-state index in [1.165, 1.54) is 23.1 Å². The molecule has 0 aliphatic rings. The summed E-state index contributed by atoms with van der Waals surface area (Å²) in [5.41, 5.74) is 1.26. The van der Waals surface area contributed by atoms with Crippen LogP contribution >= 0.6 is 0 Å². The zero-order chi connectivity index (χ0) is 15.5. The highest BCUT2D eigenvalue weighted by Gasteiger charge is 2.11. The topological polar surface area (TPSA) is 64.7 Å². The van der Waals surface area contributed by atoms with Crippen LogP contribution in [-0.4, -0.2) is 25.5 Å². The van der Waals surface area contributed by atoms with Crippen molar-refractivity contribution in [3.63, 3.8) is 0 Å². The Morgan fingerprint density at radius 1 is 1.23 bits per heavy atom. The van der Waals surface area contributed by atoms with E-state index >= 15 is 0 Å². The number of halogens is 1. The second-order valence-corrected chi connectivity index (χ2v) is 4.66. The lowest BCUT2D eigenvalue weighted by Crippen LogP contribution is -2.10. The summed E-state index contributed by atoms with van der Waals surface area (Å²) in [7, 11) is 0. The van der Waals surface area contributed by atoms with Crippen LogP contribution in [0.15, 0.2) is 49.1 Å². The second kappa shape index (κ2) is 5.80. The molecule has 0 atom stereocenters. The molecule has 0 saturated heterocycles. The monoisotopic (exact) mass is 299 g/mol. The smallest absolute Gasteiger partial charge is 0.258 e. The fraction of sp³-hybridized carbons (Fsp3) is 0.133. The quantitative estimate of drug-likeness (QED) is 0.805. The number of nitrogens with one attached hydrogen (secondary N) is 1. The highest BCUT2D eigenvalue weighted by molar-refractivity contribution is 6.03. The molecule has 0 aliphatic carbocycles.